The van der Waals surface area contributed by atoms with E-state index < -0.39 is 0 Å². The summed E-state index contributed by atoms with van der Waals surface area (Å²) in [6, 6.07) is 6.39. The Hall–Kier alpha value is -2.47. The molecule has 5 nitrogen and oxygen atoms in total. The van der Waals surface area contributed by atoms with Crippen molar-refractivity contribution in [2.24, 2.45) is 5.73 Å². The Morgan fingerprint density at radius 3 is 2.70 bits per heavy atom. The number of nitrogens with zero attached hydrogens (tertiary/aromatic N) is 1. The number of benzene rings is 1. The lowest BCUT2D eigenvalue weighted by molar-refractivity contribution is -0.120. The van der Waals surface area contributed by atoms with Gasteiger partial charge in [0.2, 0.25) is 5.91 Å². The first-order chi connectivity index (χ1) is 13.0. The summed E-state index contributed by atoms with van der Waals surface area (Å²) in [6.45, 7) is 3.59. The number of ketones is 1. The monoisotopic (exact) mass is 371 g/mol. The van der Waals surface area contributed by atoms with Gasteiger partial charge in [-0.2, -0.15) is 0 Å². The van der Waals surface area contributed by atoms with Crippen molar-refractivity contribution >= 4 is 11.7 Å². The summed E-state index contributed by atoms with van der Waals surface area (Å²) < 4.78 is 15.3. The molecular formula is C21H26FN3O2. The highest BCUT2D eigenvalue weighted by Crippen LogP contribution is 2.31. The smallest absolute Gasteiger partial charge is 0.224 e. The topological polar surface area (TPSA) is 77.1 Å². The fraction of sp³-hybridized carbons (Fsp3) is 0.429. The van der Waals surface area contributed by atoms with E-state index in [1.54, 1.807) is 12.1 Å². The lowest BCUT2D eigenvalue weighted by atomic mass is 9.92. The molecule has 1 amide bonds. The van der Waals surface area contributed by atoms with Gasteiger partial charge in [-0.3, -0.25) is 9.59 Å². The Kier molecular flexibility index (Phi) is 6.06. The van der Waals surface area contributed by atoms with Gasteiger partial charge in [0.05, 0.1) is 6.42 Å². The zero-order chi connectivity index (χ0) is 19.4. The molecule has 3 N–H and O–H groups in total. The van der Waals surface area contributed by atoms with Crippen molar-refractivity contribution in [3.8, 4) is 0 Å². The molecule has 0 fully saturated rings. The summed E-state index contributed by atoms with van der Waals surface area (Å²) in [4.78, 5) is 24.9. The van der Waals surface area contributed by atoms with Crippen LogP contribution in [0.2, 0.25) is 0 Å². The Morgan fingerprint density at radius 2 is 2.00 bits per heavy atom. The van der Waals surface area contributed by atoms with Gasteiger partial charge in [0.1, 0.15) is 5.82 Å². The van der Waals surface area contributed by atoms with E-state index in [0.717, 1.165) is 47.3 Å². The first kappa shape index (κ1) is 19.3. The zero-order valence-electron chi connectivity index (χ0n) is 15.7. The van der Waals surface area contributed by atoms with Crippen LogP contribution in [0.25, 0.3) is 0 Å². The van der Waals surface area contributed by atoms with Crippen molar-refractivity contribution in [2.75, 3.05) is 13.1 Å². The van der Waals surface area contributed by atoms with Gasteiger partial charge in [0.25, 0.3) is 0 Å². The number of halogens is 1. The Balaban J connectivity index is 1.91. The van der Waals surface area contributed by atoms with E-state index in [1.165, 1.54) is 12.1 Å². The highest BCUT2D eigenvalue weighted by Gasteiger charge is 2.28. The molecule has 1 aliphatic rings. The maximum absolute atomic E-state index is 13.2. The molecule has 1 aromatic carbocycles. The molecule has 144 valence electrons. The highest BCUT2D eigenvalue weighted by molar-refractivity contribution is 6.01. The molecular weight excluding hydrogens is 345 g/mol. The first-order valence-electron chi connectivity index (χ1n) is 9.46. The average Bonchev–Trinajstić information content (AvgIpc) is 2.90. The molecule has 6 heteroatoms. The second kappa shape index (κ2) is 8.48. The fourth-order valence-corrected chi connectivity index (χ4v) is 3.74. The SMILES string of the molecule is Cc1c(CC(=O)NCCCN)c2c(n1Cc1ccc(F)cc1)CCCC2=O. The number of rotatable bonds is 7. The van der Waals surface area contributed by atoms with E-state index in [2.05, 4.69) is 9.88 Å². The maximum atomic E-state index is 13.2. The van der Waals surface area contributed by atoms with E-state index >= 15 is 0 Å². The second-order valence-electron chi connectivity index (χ2n) is 7.04. The lowest BCUT2D eigenvalue weighted by Gasteiger charge is -2.16. The molecule has 0 saturated heterocycles. The van der Waals surface area contributed by atoms with Gasteiger partial charge in [0, 0.05) is 36.5 Å². The minimum absolute atomic E-state index is 0.0911. The normalized spacial score (nSPS) is 13.5. The standard InChI is InChI=1S/C21H26FN3O2/c1-14-17(12-20(27)24-11-3-10-23)21-18(4-2-5-19(21)26)25(14)13-15-6-8-16(22)9-7-15/h6-9H,2-5,10-13,23H2,1H3,(H,24,27). The van der Waals surface area contributed by atoms with Gasteiger partial charge in [-0.25, -0.2) is 4.39 Å². The van der Waals surface area contributed by atoms with Crippen molar-refractivity contribution in [2.45, 2.75) is 45.6 Å². The number of Topliss-reactive ketones (excluding diaryl/α,β-unsaturated/α-hetero) is 1. The third-order valence-electron chi connectivity index (χ3n) is 5.15. The van der Waals surface area contributed by atoms with Gasteiger partial charge >= 0.3 is 0 Å². The highest BCUT2D eigenvalue weighted by atomic mass is 19.1. The number of nitrogens with one attached hydrogen (secondary N) is 1. The number of nitrogens with two attached hydrogens (primary N) is 1. The predicted molar refractivity (Wildman–Crippen MR) is 102 cm³/mol. The molecule has 0 aliphatic heterocycles. The summed E-state index contributed by atoms with van der Waals surface area (Å²) in [6.07, 6.45) is 3.09. The van der Waals surface area contributed by atoms with Crippen molar-refractivity contribution < 1.29 is 14.0 Å². The molecule has 0 saturated carbocycles. The lowest BCUT2D eigenvalue weighted by Crippen LogP contribution is -2.28. The van der Waals surface area contributed by atoms with Gasteiger partial charge in [0.15, 0.2) is 5.78 Å². The van der Waals surface area contributed by atoms with Crippen LogP contribution in [0, 0.1) is 12.7 Å². The molecule has 1 heterocycles. The quantitative estimate of drug-likeness (QED) is 0.734. The summed E-state index contributed by atoms with van der Waals surface area (Å²) >= 11 is 0. The Bertz CT molecular complexity index is 840. The van der Waals surface area contributed by atoms with Crippen LogP contribution in [0.5, 0.6) is 0 Å². The number of amides is 1. The van der Waals surface area contributed by atoms with E-state index in [9.17, 15) is 14.0 Å². The molecule has 2 aromatic rings. The summed E-state index contributed by atoms with van der Waals surface area (Å²) in [5, 5.41) is 2.86. The molecule has 3 rings (SSSR count). The van der Waals surface area contributed by atoms with Crippen molar-refractivity contribution in [1.82, 2.24) is 9.88 Å². The molecule has 1 aromatic heterocycles. The van der Waals surface area contributed by atoms with Crippen LogP contribution in [-0.4, -0.2) is 29.3 Å². The van der Waals surface area contributed by atoms with E-state index in [1.807, 2.05) is 6.92 Å². The van der Waals surface area contributed by atoms with E-state index in [0.29, 0.717) is 26.1 Å². The molecule has 0 bridgehead atoms. The van der Waals surface area contributed by atoms with Gasteiger partial charge in [-0.05, 0) is 56.0 Å². The molecule has 27 heavy (non-hydrogen) atoms. The van der Waals surface area contributed by atoms with Crippen molar-refractivity contribution in [3.63, 3.8) is 0 Å². The van der Waals surface area contributed by atoms with Gasteiger partial charge in [-0.1, -0.05) is 12.1 Å². The number of fused-ring (bicyclic) bond motifs is 1. The maximum Gasteiger partial charge on any atom is 0.224 e. The van der Waals surface area contributed by atoms with Crippen LogP contribution in [0.15, 0.2) is 24.3 Å². The Morgan fingerprint density at radius 1 is 1.26 bits per heavy atom. The third kappa shape index (κ3) is 4.27. The fourth-order valence-electron chi connectivity index (χ4n) is 3.74. The van der Waals surface area contributed by atoms with Crippen LogP contribution in [-0.2, 0) is 24.2 Å². The van der Waals surface area contributed by atoms with Gasteiger partial charge in [-0.15, -0.1) is 0 Å². The molecule has 0 spiro atoms. The minimum atomic E-state index is -0.268. The number of hydrogen-bond donors (Lipinski definition) is 2. The average molecular weight is 371 g/mol. The van der Waals surface area contributed by atoms with Crippen molar-refractivity contribution in [1.29, 1.82) is 0 Å². The van der Waals surface area contributed by atoms with E-state index in [-0.39, 0.29) is 23.9 Å². The first-order valence-corrected chi connectivity index (χ1v) is 9.46. The minimum Gasteiger partial charge on any atom is -0.356 e. The molecule has 0 atom stereocenters. The number of carbonyl (C=O) groups is 2. The van der Waals surface area contributed by atoms with Crippen molar-refractivity contribution in [3.05, 3.63) is 58.2 Å². The summed E-state index contributed by atoms with van der Waals surface area (Å²) in [7, 11) is 0. The number of carbonyl (C=O) groups excluding carboxylic acids is 2. The molecule has 0 radical (unpaired) electrons. The largest absolute Gasteiger partial charge is 0.356 e. The Labute approximate surface area is 158 Å². The molecule has 0 unspecified atom stereocenters. The summed E-state index contributed by atoms with van der Waals surface area (Å²) in [5.74, 6) is -0.247. The summed E-state index contributed by atoms with van der Waals surface area (Å²) in [5.41, 5.74) is 9.91. The molecule has 1 aliphatic carbocycles. The predicted octanol–water partition coefficient (Wildman–Crippen LogP) is 2.51. The van der Waals surface area contributed by atoms with Crippen LogP contribution >= 0.6 is 0 Å². The second-order valence-corrected chi connectivity index (χ2v) is 7.04. The van der Waals surface area contributed by atoms with Crippen LogP contribution in [0.4, 0.5) is 4.39 Å². The van der Waals surface area contributed by atoms with E-state index in [4.69, 9.17) is 5.73 Å². The third-order valence-corrected chi connectivity index (χ3v) is 5.15. The number of hydrogen-bond acceptors (Lipinski definition) is 3. The zero-order valence-corrected chi connectivity index (χ0v) is 15.7. The van der Waals surface area contributed by atoms with Crippen LogP contribution < -0.4 is 11.1 Å². The number of aromatic nitrogens is 1. The van der Waals surface area contributed by atoms with Gasteiger partial charge < -0.3 is 15.6 Å². The van der Waals surface area contributed by atoms with Crippen LogP contribution in [0.3, 0.4) is 0 Å². The van der Waals surface area contributed by atoms with Crippen LogP contribution in [0.1, 0.15) is 52.1 Å².